The van der Waals surface area contributed by atoms with Gasteiger partial charge in [0.2, 0.25) is 0 Å². The lowest BCUT2D eigenvalue weighted by Gasteiger charge is -2.29. The van der Waals surface area contributed by atoms with E-state index < -0.39 is 11.7 Å². The molecule has 0 bridgehead atoms. The number of rotatable bonds is 6. The zero-order valence-corrected chi connectivity index (χ0v) is 24.1. The van der Waals surface area contributed by atoms with Crippen LogP contribution < -0.4 is 0 Å². The van der Waals surface area contributed by atoms with Gasteiger partial charge in [0.1, 0.15) is 11.1 Å². The summed E-state index contributed by atoms with van der Waals surface area (Å²) in [6, 6.07) is 18.4. The molecule has 0 unspecified atom stereocenters. The average molecular weight is 546 g/mol. The molecule has 1 N–H and O–H groups in total. The molecule has 5 rings (SSSR count). The van der Waals surface area contributed by atoms with Gasteiger partial charge in [0.25, 0.3) is 0 Å². The first-order valence-electron chi connectivity index (χ1n) is 12.6. The Morgan fingerprint density at radius 2 is 1.74 bits per heavy atom. The van der Waals surface area contributed by atoms with Gasteiger partial charge in [-0.1, -0.05) is 41.9 Å². The molecule has 7 heteroatoms. The molecule has 0 amide bonds. The zero-order valence-electron chi connectivity index (χ0n) is 22.5. The fourth-order valence-corrected chi connectivity index (χ4v) is 6.12. The van der Waals surface area contributed by atoms with Crippen LogP contribution in [0.3, 0.4) is 0 Å². The Bertz CT molecular complexity index is 1610. The number of hydrogen-bond donors (Lipinski definition) is 1. The molecule has 0 aliphatic carbocycles. The van der Waals surface area contributed by atoms with Crippen molar-refractivity contribution in [3.63, 3.8) is 0 Å². The van der Waals surface area contributed by atoms with Crippen LogP contribution in [0.25, 0.3) is 43.0 Å². The quantitative estimate of drug-likeness (QED) is 0.234. The van der Waals surface area contributed by atoms with E-state index in [0.717, 1.165) is 59.9 Å². The summed E-state index contributed by atoms with van der Waals surface area (Å²) in [6.45, 7) is 10.0. The Balaban J connectivity index is 1.72. The molecule has 0 saturated carbocycles. The van der Waals surface area contributed by atoms with Crippen molar-refractivity contribution in [2.24, 2.45) is 7.05 Å². The molecule has 0 saturated heterocycles. The van der Waals surface area contributed by atoms with Gasteiger partial charge in [-0.2, -0.15) is 5.10 Å². The van der Waals surface area contributed by atoms with Gasteiger partial charge in [-0.25, -0.2) is 4.98 Å². The maximum absolute atomic E-state index is 10.4. The fraction of sp³-hybridized carbons (Fsp3) is 0.290. The molecule has 5 aromatic rings. The lowest BCUT2D eigenvalue weighted by atomic mass is 9.91. The third kappa shape index (κ3) is 5.14. The van der Waals surface area contributed by atoms with E-state index in [0.29, 0.717) is 5.02 Å². The SMILES string of the molecule is Cc1cc2nc(-c3cccc(-c4cnn(C)c4C)c3)sc2c(-c2ccc(Cl)cc2)c1[C@@H](CO)OC(C)(C)C. The number of ether oxygens (including phenoxy) is 1. The second-order valence-corrected chi connectivity index (χ2v) is 12.0. The lowest BCUT2D eigenvalue weighted by Crippen LogP contribution is -2.25. The van der Waals surface area contributed by atoms with Gasteiger partial charge in [0.05, 0.1) is 28.6 Å². The number of aromatic nitrogens is 3. The van der Waals surface area contributed by atoms with Crippen molar-refractivity contribution in [3.05, 3.63) is 82.6 Å². The van der Waals surface area contributed by atoms with Crippen molar-refractivity contribution in [1.29, 1.82) is 0 Å². The smallest absolute Gasteiger partial charge is 0.124 e. The number of hydrogen-bond acceptors (Lipinski definition) is 5. The van der Waals surface area contributed by atoms with Crippen molar-refractivity contribution in [2.45, 2.75) is 46.3 Å². The van der Waals surface area contributed by atoms with E-state index in [1.165, 1.54) is 0 Å². The van der Waals surface area contributed by atoms with E-state index in [4.69, 9.17) is 21.3 Å². The Hall–Kier alpha value is -3.03. The van der Waals surface area contributed by atoms with Gasteiger partial charge in [-0.3, -0.25) is 4.68 Å². The summed E-state index contributed by atoms with van der Waals surface area (Å²) in [4.78, 5) is 5.08. The minimum atomic E-state index is -0.479. The van der Waals surface area contributed by atoms with Gasteiger partial charge in [0, 0.05) is 34.5 Å². The summed E-state index contributed by atoms with van der Waals surface area (Å²) < 4.78 is 9.30. The number of aliphatic hydroxyl groups excluding tert-OH is 1. The number of aliphatic hydroxyl groups is 1. The van der Waals surface area contributed by atoms with Crippen LogP contribution in [-0.4, -0.2) is 32.1 Å². The number of halogens is 1. The molecule has 2 aromatic heterocycles. The highest BCUT2D eigenvalue weighted by molar-refractivity contribution is 7.22. The minimum absolute atomic E-state index is 0.123. The number of nitrogens with zero attached hydrogens (tertiary/aromatic N) is 3. The molecule has 2 heterocycles. The normalized spacial score (nSPS) is 12.8. The Kier molecular flexibility index (Phi) is 7.18. The third-order valence-electron chi connectivity index (χ3n) is 6.70. The van der Waals surface area contributed by atoms with Crippen LogP contribution in [0.5, 0.6) is 0 Å². The summed E-state index contributed by atoms with van der Waals surface area (Å²) in [5.74, 6) is 0. The van der Waals surface area contributed by atoms with Gasteiger partial charge in [-0.15, -0.1) is 11.3 Å². The molecule has 0 radical (unpaired) electrons. The number of aryl methyl sites for hydroxylation is 2. The standard InChI is InChI=1S/C31H32ClN3O2S/c1-18-14-25-29(28(20-10-12-23(32)13-11-20)27(18)26(17-36)37-31(3,4)5)38-30(34-25)22-9-7-8-21(15-22)24-16-33-35(6)19(24)2/h7-16,26,36H,17H2,1-6H3/t26-/m1/s1. The van der Waals surface area contributed by atoms with Crippen molar-refractivity contribution in [1.82, 2.24) is 14.8 Å². The molecule has 196 valence electrons. The van der Waals surface area contributed by atoms with Crippen LogP contribution in [0.15, 0.2) is 60.8 Å². The molecule has 1 atom stereocenters. The van der Waals surface area contributed by atoms with Gasteiger partial charge in [-0.05, 0) is 81.1 Å². The molecular formula is C31H32ClN3O2S. The summed E-state index contributed by atoms with van der Waals surface area (Å²) in [5.41, 5.74) is 8.95. The van der Waals surface area contributed by atoms with Crippen molar-refractivity contribution < 1.29 is 9.84 Å². The highest BCUT2D eigenvalue weighted by atomic mass is 35.5. The summed E-state index contributed by atoms with van der Waals surface area (Å²) >= 11 is 7.90. The molecule has 0 aliphatic heterocycles. The highest BCUT2D eigenvalue weighted by Crippen LogP contribution is 2.44. The van der Waals surface area contributed by atoms with E-state index in [9.17, 15) is 5.11 Å². The third-order valence-corrected chi connectivity index (χ3v) is 8.09. The second kappa shape index (κ2) is 10.3. The van der Waals surface area contributed by atoms with Gasteiger partial charge < -0.3 is 9.84 Å². The first kappa shape index (κ1) is 26.6. The first-order valence-corrected chi connectivity index (χ1v) is 13.8. The topological polar surface area (TPSA) is 60.2 Å². The first-order chi connectivity index (χ1) is 18.1. The number of benzene rings is 3. The number of thiazole rings is 1. The largest absolute Gasteiger partial charge is 0.393 e. The van der Waals surface area contributed by atoms with Crippen molar-refractivity contribution in [3.8, 4) is 32.8 Å². The maximum Gasteiger partial charge on any atom is 0.124 e. The number of fused-ring (bicyclic) bond motifs is 1. The molecule has 3 aromatic carbocycles. The Labute approximate surface area is 232 Å². The van der Waals surface area contributed by atoms with E-state index in [-0.39, 0.29) is 6.61 Å². The summed E-state index contributed by atoms with van der Waals surface area (Å²) in [5, 5.41) is 16.5. The maximum atomic E-state index is 10.4. The highest BCUT2D eigenvalue weighted by Gasteiger charge is 2.27. The zero-order chi connectivity index (χ0) is 27.2. The van der Waals surface area contributed by atoms with Crippen LogP contribution in [-0.2, 0) is 11.8 Å². The van der Waals surface area contributed by atoms with Crippen LogP contribution >= 0.6 is 22.9 Å². The predicted molar refractivity (Wildman–Crippen MR) is 158 cm³/mol. The molecule has 38 heavy (non-hydrogen) atoms. The molecular weight excluding hydrogens is 514 g/mol. The predicted octanol–water partition coefficient (Wildman–Crippen LogP) is 8.15. The van der Waals surface area contributed by atoms with Crippen LogP contribution in [0.2, 0.25) is 5.02 Å². The van der Waals surface area contributed by atoms with E-state index in [1.54, 1.807) is 11.3 Å². The Morgan fingerprint density at radius 1 is 1.03 bits per heavy atom. The molecule has 0 aliphatic rings. The molecule has 5 nitrogen and oxygen atoms in total. The second-order valence-electron chi connectivity index (χ2n) is 10.6. The van der Waals surface area contributed by atoms with Crippen LogP contribution in [0, 0.1) is 13.8 Å². The molecule has 0 fully saturated rings. The van der Waals surface area contributed by atoms with Crippen molar-refractivity contribution >= 4 is 33.2 Å². The monoisotopic (exact) mass is 545 g/mol. The van der Waals surface area contributed by atoms with Crippen LogP contribution in [0.4, 0.5) is 0 Å². The van der Waals surface area contributed by atoms with Crippen molar-refractivity contribution in [2.75, 3.05) is 6.61 Å². The van der Waals surface area contributed by atoms with Gasteiger partial charge in [0.15, 0.2) is 0 Å². The lowest BCUT2D eigenvalue weighted by molar-refractivity contribution is -0.0821. The van der Waals surface area contributed by atoms with Crippen LogP contribution in [0.1, 0.15) is 43.7 Å². The fourth-order valence-electron chi connectivity index (χ4n) is 4.87. The minimum Gasteiger partial charge on any atom is -0.393 e. The summed E-state index contributed by atoms with van der Waals surface area (Å²) in [7, 11) is 1.96. The molecule has 0 spiro atoms. The summed E-state index contributed by atoms with van der Waals surface area (Å²) in [6.07, 6.45) is 1.43. The Morgan fingerprint density at radius 3 is 2.37 bits per heavy atom. The average Bonchev–Trinajstić information content (AvgIpc) is 3.45. The van der Waals surface area contributed by atoms with E-state index >= 15 is 0 Å². The van der Waals surface area contributed by atoms with E-state index in [1.807, 2.05) is 63.0 Å². The van der Waals surface area contributed by atoms with E-state index in [2.05, 4.69) is 49.3 Å². The van der Waals surface area contributed by atoms with Gasteiger partial charge >= 0.3 is 0 Å².